The Morgan fingerprint density at radius 3 is 2.83 bits per heavy atom. The average molecular weight is 514 g/mol. The van der Waals surface area contributed by atoms with E-state index in [0.717, 1.165) is 57.7 Å². The number of rotatable bonds is 9. The maximum atomic E-state index is 11.0. The van der Waals surface area contributed by atoms with Crippen LogP contribution in [-0.2, 0) is 11.2 Å². The van der Waals surface area contributed by atoms with Gasteiger partial charge in [-0.05, 0) is 55.2 Å². The Morgan fingerprint density at radius 2 is 2.00 bits per heavy atom. The monoisotopic (exact) mass is 513 g/mol. The zero-order valence-electron chi connectivity index (χ0n) is 19.9. The molecule has 1 saturated carbocycles. The Balaban J connectivity index is 1.24. The van der Waals surface area contributed by atoms with Crippen LogP contribution in [0.1, 0.15) is 44.1 Å². The van der Waals surface area contributed by atoms with Gasteiger partial charge in [0.05, 0.1) is 16.6 Å². The number of nitrogens with zero attached hydrogens (tertiary/aromatic N) is 3. The van der Waals surface area contributed by atoms with E-state index in [2.05, 4.69) is 9.80 Å². The third-order valence-corrected chi connectivity index (χ3v) is 8.47. The van der Waals surface area contributed by atoms with Gasteiger partial charge in [-0.2, -0.15) is 0 Å². The van der Waals surface area contributed by atoms with E-state index < -0.39 is 5.97 Å². The Labute approximate surface area is 215 Å². The number of hydrogen-bond acceptors (Lipinski definition) is 6. The summed E-state index contributed by atoms with van der Waals surface area (Å²) in [6.07, 6.45) is 7.59. The van der Waals surface area contributed by atoms with Gasteiger partial charge in [-0.25, -0.2) is 4.98 Å². The van der Waals surface area contributed by atoms with Gasteiger partial charge in [-0.1, -0.05) is 54.3 Å². The molecule has 1 N–H and O–H groups in total. The zero-order chi connectivity index (χ0) is 24.2. The van der Waals surface area contributed by atoms with Gasteiger partial charge < -0.3 is 14.7 Å². The molecule has 2 aromatic carbocycles. The molecule has 0 spiro atoms. The van der Waals surface area contributed by atoms with Gasteiger partial charge in [0.25, 0.3) is 0 Å². The van der Waals surface area contributed by atoms with E-state index in [1.54, 1.807) is 11.3 Å². The van der Waals surface area contributed by atoms with Crippen LogP contribution in [-0.4, -0.2) is 59.3 Å². The molecule has 8 heteroatoms. The Morgan fingerprint density at radius 1 is 1.14 bits per heavy atom. The van der Waals surface area contributed by atoms with Crippen LogP contribution in [0.3, 0.4) is 0 Å². The van der Waals surface area contributed by atoms with Crippen molar-refractivity contribution >= 4 is 44.3 Å². The lowest BCUT2D eigenvalue weighted by Crippen LogP contribution is -2.47. The van der Waals surface area contributed by atoms with Crippen LogP contribution < -0.4 is 9.64 Å². The van der Waals surface area contributed by atoms with Crippen molar-refractivity contribution in [2.45, 2.75) is 57.0 Å². The highest BCUT2D eigenvalue weighted by Crippen LogP contribution is 2.34. The molecule has 0 bridgehead atoms. The lowest BCUT2D eigenvalue weighted by Gasteiger charge is -2.38. The third kappa shape index (κ3) is 6.08. The number of aliphatic carboxylic acids is 1. The van der Waals surface area contributed by atoms with Crippen molar-refractivity contribution in [2.24, 2.45) is 0 Å². The van der Waals surface area contributed by atoms with Crippen LogP contribution in [0, 0.1) is 0 Å². The van der Waals surface area contributed by atoms with Crippen molar-refractivity contribution in [2.75, 3.05) is 31.1 Å². The molecular formula is C27H32ClN3O3S. The van der Waals surface area contributed by atoms with E-state index in [4.69, 9.17) is 26.4 Å². The standard InChI is InChI=1S/C27H32ClN3O3S/c28-20-9-10-24-25(17-20)35-27(29-24)30-12-11-22(18-30)31(21-6-2-1-3-7-21)13-14-34-23-8-4-5-19(15-23)16-26(32)33/h4-5,8-10,15,17,21-22H,1-3,6-7,11-14,16,18H2,(H,32,33). The Bertz CT molecular complexity index is 1160. The van der Waals surface area contributed by atoms with Crippen molar-refractivity contribution in [1.82, 2.24) is 9.88 Å². The largest absolute Gasteiger partial charge is 0.492 e. The van der Waals surface area contributed by atoms with Crippen molar-refractivity contribution in [3.05, 3.63) is 53.1 Å². The number of halogens is 1. The van der Waals surface area contributed by atoms with E-state index >= 15 is 0 Å². The van der Waals surface area contributed by atoms with Gasteiger partial charge in [0, 0.05) is 36.7 Å². The minimum atomic E-state index is -0.826. The van der Waals surface area contributed by atoms with Crippen LogP contribution in [0.4, 0.5) is 5.13 Å². The molecule has 35 heavy (non-hydrogen) atoms. The van der Waals surface area contributed by atoms with Crippen molar-refractivity contribution in [3.8, 4) is 5.75 Å². The number of carbonyl (C=O) groups is 1. The second-order valence-corrected chi connectivity index (χ2v) is 11.0. The van der Waals surface area contributed by atoms with Crippen molar-refractivity contribution in [1.29, 1.82) is 0 Å². The number of carboxylic acid groups (broad SMARTS) is 1. The number of hydrogen-bond donors (Lipinski definition) is 1. The number of fused-ring (bicyclic) bond motifs is 1. The predicted molar refractivity (Wildman–Crippen MR) is 142 cm³/mol. The molecular weight excluding hydrogens is 482 g/mol. The second-order valence-electron chi connectivity index (χ2n) is 9.59. The van der Waals surface area contributed by atoms with Crippen molar-refractivity contribution < 1.29 is 14.6 Å². The quantitative estimate of drug-likeness (QED) is 0.386. The second kappa shape index (κ2) is 11.1. The van der Waals surface area contributed by atoms with Crippen LogP contribution in [0.5, 0.6) is 5.75 Å². The SMILES string of the molecule is O=C(O)Cc1cccc(OCCN(C2CCCCC2)C2CCN(c3nc4ccc(Cl)cc4s3)C2)c1. The molecule has 2 heterocycles. The lowest BCUT2D eigenvalue weighted by atomic mass is 9.93. The molecule has 6 nitrogen and oxygen atoms in total. The van der Waals surface area contributed by atoms with E-state index in [9.17, 15) is 4.79 Å². The normalized spacial score (nSPS) is 19.0. The van der Waals surface area contributed by atoms with Crippen LogP contribution in [0.2, 0.25) is 5.02 Å². The maximum absolute atomic E-state index is 11.0. The number of carboxylic acids is 1. The van der Waals surface area contributed by atoms with Gasteiger partial charge in [0.1, 0.15) is 12.4 Å². The van der Waals surface area contributed by atoms with Gasteiger partial charge in [-0.3, -0.25) is 9.69 Å². The minimum absolute atomic E-state index is 0.0152. The van der Waals surface area contributed by atoms with E-state index in [1.807, 2.05) is 42.5 Å². The number of benzene rings is 2. The summed E-state index contributed by atoms with van der Waals surface area (Å²) < 4.78 is 7.24. The molecule has 2 aliphatic rings. The predicted octanol–water partition coefficient (Wildman–Crippen LogP) is 5.87. The lowest BCUT2D eigenvalue weighted by molar-refractivity contribution is -0.136. The molecule has 1 atom stereocenters. The molecule has 186 valence electrons. The molecule has 0 radical (unpaired) electrons. The first-order valence-corrected chi connectivity index (χ1v) is 13.7. The fraction of sp³-hybridized carbons (Fsp3) is 0.481. The summed E-state index contributed by atoms with van der Waals surface area (Å²) >= 11 is 7.91. The molecule has 1 unspecified atom stereocenters. The smallest absolute Gasteiger partial charge is 0.307 e. The number of thiazole rings is 1. The highest BCUT2D eigenvalue weighted by Gasteiger charge is 2.33. The first-order chi connectivity index (χ1) is 17.0. The first kappa shape index (κ1) is 24.3. The Hall–Kier alpha value is -2.35. The highest BCUT2D eigenvalue weighted by atomic mass is 35.5. The third-order valence-electron chi connectivity index (χ3n) is 7.16. The number of ether oxygens (including phenoxy) is 1. The van der Waals surface area contributed by atoms with Crippen LogP contribution >= 0.6 is 22.9 Å². The van der Waals surface area contributed by atoms with E-state index in [0.29, 0.717) is 18.7 Å². The molecule has 1 aliphatic carbocycles. The maximum Gasteiger partial charge on any atom is 0.307 e. The summed E-state index contributed by atoms with van der Waals surface area (Å²) in [6.45, 7) is 3.47. The summed E-state index contributed by atoms with van der Waals surface area (Å²) in [6, 6.07) is 14.4. The summed E-state index contributed by atoms with van der Waals surface area (Å²) in [4.78, 5) is 21.0. The van der Waals surface area contributed by atoms with Crippen LogP contribution in [0.25, 0.3) is 10.2 Å². The first-order valence-electron chi connectivity index (χ1n) is 12.6. The number of aromatic nitrogens is 1. The topological polar surface area (TPSA) is 65.9 Å². The summed E-state index contributed by atoms with van der Waals surface area (Å²) in [7, 11) is 0. The highest BCUT2D eigenvalue weighted by molar-refractivity contribution is 7.22. The molecule has 2 fully saturated rings. The van der Waals surface area contributed by atoms with Gasteiger partial charge in [-0.15, -0.1) is 0 Å². The molecule has 1 saturated heterocycles. The molecule has 1 aromatic heterocycles. The van der Waals surface area contributed by atoms with Crippen molar-refractivity contribution in [3.63, 3.8) is 0 Å². The fourth-order valence-electron chi connectivity index (χ4n) is 5.47. The molecule has 0 amide bonds. The van der Waals surface area contributed by atoms with Gasteiger partial charge >= 0.3 is 5.97 Å². The summed E-state index contributed by atoms with van der Waals surface area (Å²) in [5.74, 6) is -0.0823. The van der Waals surface area contributed by atoms with E-state index in [1.165, 1.54) is 32.1 Å². The summed E-state index contributed by atoms with van der Waals surface area (Å²) in [5, 5.41) is 10.9. The molecule has 1 aliphatic heterocycles. The fourth-order valence-corrected chi connectivity index (χ4v) is 6.75. The van der Waals surface area contributed by atoms with Crippen LogP contribution in [0.15, 0.2) is 42.5 Å². The van der Waals surface area contributed by atoms with Gasteiger partial charge in [0.15, 0.2) is 5.13 Å². The van der Waals surface area contributed by atoms with E-state index in [-0.39, 0.29) is 6.42 Å². The zero-order valence-corrected chi connectivity index (χ0v) is 21.4. The molecule has 5 rings (SSSR count). The molecule has 3 aromatic rings. The summed E-state index contributed by atoms with van der Waals surface area (Å²) in [5.41, 5.74) is 1.78. The Kier molecular flexibility index (Phi) is 7.75. The number of anilines is 1. The van der Waals surface area contributed by atoms with Gasteiger partial charge in [0.2, 0.25) is 0 Å². The average Bonchev–Trinajstić information content (AvgIpc) is 3.49. The minimum Gasteiger partial charge on any atom is -0.492 e.